The highest BCUT2D eigenvalue weighted by molar-refractivity contribution is 5.95. The van der Waals surface area contributed by atoms with E-state index in [9.17, 15) is 9.59 Å². The van der Waals surface area contributed by atoms with Crippen molar-refractivity contribution in [1.82, 2.24) is 9.47 Å². The lowest BCUT2D eigenvalue weighted by Crippen LogP contribution is -2.36. The fraction of sp³-hybridized carbons (Fsp3) is 0.429. The second-order valence-corrected chi connectivity index (χ2v) is 7.05. The fourth-order valence-corrected chi connectivity index (χ4v) is 3.75. The molecule has 27 heavy (non-hydrogen) atoms. The van der Waals surface area contributed by atoms with E-state index in [2.05, 4.69) is 0 Å². The van der Waals surface area contributed by atoms with Crippen LogP contribution in [0.1, 0.15) is 39.5 Å². The van der Waals surface area contributed by atoms with Gasteiger partial charge in [0.05, 0.1) is 14.2 Å². The van der Waals surface area contributed by atoms with Crippen molar-refractivity contribution in [2.75, 3.05) is 27.3 Å². The van der Waals surface area contributed by atoms with Crippen LogP contribution in [0.4, 0.5) is 0 Å². The summed E-state index contributed by atoms with van der Waals surface area (Å²) in [6.07, 6.45) is 0.820. The number of hydrogen-bond donors (Lipinski definition) is 0. The molecule has 6 heteroatoms. The zero-order valence-electron chi connectivity index (χ0n) is 16.5. The maximum atomic E-state index is 13.1. The number of amides is 1. The van der Waals surface area contributed by atoms with Crippen LogP contribution in [-0.2, 0) is 7.05 Å². The predicted octanol–water partition coefficient (Wildman–Crippen LogP) is 2.65. The van der Waals surface area contributed by atoms with Gasteiger partial charge in [-0.05, 0) is 50.1 Å². The van der Waals surface area contributed by atoms with Crippen LogP contribution in [0.3, 0.4) is 0 Å². The average Bonchev–Trinajstić information content (AvgIpc) is 3.15. The number of hydrogen-bond acceptors (Lipinski definition) is 4. The lowest BCUT2D eigenvalue weighted by atomic mass is 9.97. The van der Waals surface area contributed by atoms with E-state index >= 15 is 0 Å². The van der Waals surface area contributed by atoms with Crippen molar-refractivity contribution in [1.29, 1.82) is 0 Å². The van der Waals surface area contributed by atoms with Gasteiger partial charge in [-0.3, -0.25) is 9.59 Å². The first-order chi connectivity index (χ1) is 12.9. The third-order valence-corrected chi connectivity index (χ3v) is 5.43. The molecule has 1 aromatic carbocycles. The van der Waals surface area contributed by atoms with Crippen molar-refractivity contribution >= 4 is 5.91 Å². The van der Waals surface area contributed by atoms with Gasteiger partial charge in [0.1, 0.15) is 17.1 Å². The Morgan fingerprint density at radius 2 is 1.89 bits per heavy atom. The summed E-state index contributed by atoms with van der Waals surface area (Å²) in [5.74, 6) is 1.50. The molecule has 2 aromatic rings. The number of aromatic nitrogens is 1. The Balaban J connectivity index is 1.88. The lowest BCUT2D eigenvalue weighted by Gasteiger charge is -2.20. The van der Waals surface area contributed by atoms with E-state index in [1.165, 1.54) is 4.57 Å². The Kier molecular flexibility index (Phi) is 5.26. The quantitative estimate of drug-likeness (QED) is 0.830. The third kappa shape index (κ3) is 3.44. The van der Waals surface area contributed by atoms with E-state index in [0.29, 0.717) is 13.1 Å². The predicted molar refractivity (Wildman–Crippen MR) is 104 cm³/mol. The van der Waals surface area contributed by atoms with Crippen LogP contribution in [0.2, 0.25) is 0 Å². The second kappa shape index (κ2) is 7.47. The van der Waals surface area contributed by atoms with Crippen molar-refractivity contribution in [2.24, 2.45) is 7.05 Å². The highest BCUT2D eigenvalue weighted by atomic mass is 16.5. The van der Waals surface area contributed by atoms with E-state index in [1.54, 1.807) is 26.2 Å². The number of methoxy groups -OCH3 is 2. The molecule has 1 fully saturated rings. The highest BCUT2D eigenvalue weighted by Crippen LogP contribution is 2.36. The summed E-state index contributed by atoms with van der Waals surface area (Å²) in [6, 6.07) is 7.60. The molecular formula is C21H26N2O4. The first-order valence-electron chi connectivity index (χ1n) is 9.05. The minimum absolute atomic E-state index is 0.147. The van der Waals surface area contributed by atoms with Gasteiger partial charge < -0.3 is 18.9 Å². The van der Waals surface area contributed by atoms with Gasteiger partial charge in [0.15, 0.2) is 0 Å². The van der Waals surface area contributed by atoms with Gasteiger partial charge in [0.2, 0.25) is 0 Å². The molecule has 1 saturated heterocycles. The Morgan fingerprint density at radius 1 is 1.15 bits per heavy atom. The van der Waals surface area contributed by atoms with Crippen LogP contribution in [0, 0.1) is 13.8 Å². The molecule has 144 valence electrons. The third-order valence-electron chi connectivity index (χ3n) is 5.43. The molecule has 2 heterocycles. The standard InChI is InChI=1S/C21H26N2O4/c1-13-10-14(2)22(3)20(24)19(13)21(25)23-9-8-15(12-23)17-11-16(26-4)6-7-18(17)27-5/h6-7,10-11,15H,8-9,12H2,1-5H3/t15-/m0/s1. The fourth-order valence-electron chi connectivity index (χ4n) is 3.75. The summed E-state index contributed by atoms with van der Waals surface area (Å²) in [5.41, 5.74) is 2.62. The summed E-state index contributed by atoms with van der Waals surface area (Å²) in [4.78, 5) is 27.5. The van der Waals surface area contributed by atoms with Gasteiger partial charge >= 0.3 is 0 Å². The smallest absolute Gasteiger partial charge is 0.263 e. The van der Waals surface area contributed by atoms with Crippen LogP contribution >= 0.6 is 0 Å². The van der Waals surface area contributed by atoms with E-state index < -0.39 is 0 Å². The molecule has 0 radical (unpaired) electrons. The Morgan fingerprint density at radius 3 is 2.56 bits per heavy atom. The first-order valence-corrected chi connectivity index (χ1v) is 9.05. The minimum atomic E-state index is -0.236. The first kappa shape index (κ1) is 19.0. The maximum absolute atomic E-state index is 13.1. The van der Waals surface area contributed by atoms with Gasteiger partial charge in [0, 0.05) is 37.3 Å². The number of rotatable bonds is 4. The summed E-state index contributed by atoms with van der Waals surface area (Å²) in [5, 5.41) is 0. The Labute approximate surface area is 159 Å². The summed E-state index contributed by atoms with van der Waals surface area (Å²) >= 11 is 0. The van der Waals surface area contributed by atoms with Gasteiger partial charge in [-0.15, -0.1) is 0 Å². The highest BCUT2D eigenvalue weighted by Gasteiger charge is 2.32. The molecule has 0 spiro atoms. The Bertz CT molecular complexity index is 933. The number of benzene rings is 1. The maximum Gasteiger partial charge on any atom is 0.263 e. The molecular weight excluding hydrogens is 344 g/mol. The van der Waals surface area contributed by atoms with Gasteiger partial charge in [-0.1, -0.05) is 0 Å². The monoisotopic (exact) mass is 370 g/mol. The number of carbonyl (C=O) groups is 1. The average molecular weight is 370 g/mol. The number of aryl methyl sites for hydroxylation is 2. The SMILES string of the molecule is COc1ccc(OC)c([C@H]2CCN(C(=O)c3c(C)cc(C)n(C)c3=O)C2)c1. The molecule has 1 amide bonds. The van der Waals surface area contributed by atoms with Crippen molar-refractivity contribution < 1.29 is 14.3 Å². The number of carbonyl (C=O) groups excluding carboxylic acids is 1. The molecule has 1 aliphatic rings. The minimum Gasteiger partial charge on any atom is -0.497 e. The number of pyridine rings is 1. The van der Waals surface area contributed by atoms with Gasteiger partial charge in [-0.25, -0.2) is 0 Å². The number of ether oxygens (including phenoxy) is 2. The molecule has 1 aliphatic heterocycles. The summed E-state index contributed by atoms with van der Waals surface area (Å²) in [6.45, 7) is 4.85. The van der Waals surface area contributed by atoms with E-state index in [0.717, 1.165) is 34.7 Å². The van der Waals surface area contributed by atoms with E-state index in [4.69, 9.17) is 9.47 Å². The van der Waals surface area contributed by atoms with E-state index in [1.807, 2.05) is 38.1 Å². The molecule has 0 aliphatic carbocycles. The largest absolute Gasteiger partial charge is 0.497 e. The van der Waals surface area contributed by atoms with Gasteiger partial charge in [0.25, 0.3) is 11.5 Å². The zero-order valence-corrected chi connectivity index (χ0v) is 16.5. The molecule has 0 saturated carbocycles. The normalized spacial score (nSPS) is 16.5. The summed E-state index contributed by atoms with van der Waals surface area (Å²) in [7, 11) is 4.97. The van der Waals surface area contributed by atoms with Crippen molar-refractivity contribution in [3.05, 3.63) is 57.0 Å². The van der Waals surface area contributed by atoms with Crippen molar-refractivity contribution in [3.8, 4) is 11.5 Å². The van der Waals surface area contributed by atoms with Crippen LogP contribution < -0.4 is 15.0 Å². The molecule has 6 nitrogen and oxygen atoms in total. The number of nitrogens with zero attached hydrogens (tertiary/aromatic N) is 2. The molecule has 0 bridgehead atoms. The van der Waals surface area contributed by atoms with E-state index in [-0.39, 0.29) is 22.9 Å². The van der Waals surface area contributed by atoms with Crippen molar-refractivity contribution in [3.63, 3.8) is 0 Å². The lowest BCUT2D eigenvalue weighted by molar-refractivity contribution is 0.0787. The topological polar surface area (TPSA) is 60.8 Å². The number of likely N-dealkylation sites (tertiary alicyclic amines) is 1. The molecule has 3 rings (SSSR count). The molecule has 1 aromatic heterocycles. The van der Waals surface area contributed by atoms with Crippen LogP contribution in [0.5, 0.6) is 11.5 Å². The molecule has 0 N–H and O–H groups in total. The molecule has 1 atom stereocenters. The van der Waals surface area contributed by atoms with Crippen molar-refractivity contribution in [2.45, 2.75) is 26.2 Å². The van der Waals surface area contributed by atoms with Crippen LogP contribution in [0.15, 0.2) is 29.1 Å². The molecule has 0 unspecified atom stereocenters. The second-order valence-electron chi connectivity index (χ2n) is 7.05. The Hall–Kier alpha value is -2.76. The van der Waals surface area contributed by atoms with Gasteiger partial charge in [-0.2, -0.15) is 0 Å². The summed E-state index contributed by atoms with van der Waals surface area (Å²) < 4.78 is 12.4. The van der Waals surface area contributed by atoms with Crippen LogP contribution in [0.25, 0.3) is 0 Å². The zero-order chi connectivity index (χ0) is 19.7. The van der Waals surface area contributed by atoms with Crippen LogP contribution in [-0.4, -0.2) is 42.7 Å².